The molecule has 0 fully saturated rings. The van der Waals surface area contributed by atoms with Crippen LogP contribution in [-0.4, -0.2) is 22.3 Å². The third-order valence-corrected chi connectivity index (χ3v) is 4.18. The van der Waals surface area contributed by atoms with Gasteiger partial charge in [-0.05, 0) is 47.2 Å². The lowest BCUT2D eigenvalue weighted by Crippen LogP contribution is -2.17. The zero-order valence-corrected chi connectivity index (χ0v) is 14.2. The van der Waals surface area contributed by atoms with E-state index in [1.54, 1.807) is 24.4 Å². The molecule has 0 aliphatic rings. The number of hydrogen-bond acceptors (Lipinski definition) is 3. The zero-order chi connectivity index (χ0) is 18.6. The number of hydrogen-bond donors (Lipinski definition) is 2. The number of benzene rings is 3. The second-order valence-corrected chi connectivity index (χ2v) is 5.97. The average molecular weight is 358 g/mol. The summed E-state index contributed by atoms with van der Waals surface area (Å²) in [5.41, 5.74) is 5.19. The van der Waals surface area contributed by atoms with E-state index in [9.17, 15) is 9.18 Å². The van der Waals surface area contributed by atoms with Gasteiger partial charge >= 0.3 is 0 Å². The maximum absolute atomic E-state index is 13.1. The molecule has 3 aromatic carbocycles. The quantitative estimate of drug-likeness (QED) is 0.425. The summed E-state index contributed by atoms with van der Waals surface area (Å²) in [7, 11) is 0. The molecular weight excluding hydrogens is 343 g/mol. The van der Waals surface area contributed by atoms with Crippen molar-refractivity contribution >= 4 is 22.9 Å². The zero-order valence-electron chi connectivity index (χ0n) is 14.2. The molecule has 0 aliphatic heterocycles. The fourth-order valence-electron chi connectivity index (χ4n) is 2.80. The molecule has 1 heterocycles. The van der Waals surface area contributed by atoms with Crippen molar-refractivity contribution in [1.29, 1.82) is 0 Å². The molecule has 0 radical (unpaired) electrons. The largest absolute Gasteiger partial charge is 0.277 e. The van der Waals surface area contributed by atoms with Crippen molar-refractivity contribution in [2.24, 2.45) is 5.10 Å². The van der Waals surface area contributed by atoms with Crippen LogP contribution in [-0.2, 0) is 0 Å². The SMILES string of the molecule is O=C(N/N=C\c1cn[nH]c1-c1ccc(F)cc1)c1ccc2ccccc2c1. The highest BCUT2D eigenvalue weighted by molar-refractivity contribution is 5.99. The first-order valence-corrected chi connectivity index (χ1v) is 8.32. The Hall–Kier alpha value is -3.80. The molecule has 4 aromatic rings. The van der Waals surface area contributed by atoms with Crippen LogP contribution in [0, 0.1) is 5.82 Å². The number of carbonyl (C=O) groups excluding carboxylic acids is 1. The van der Waals surface area contributed by atoms with Crippen LogP contribution in [0.2, 0.25) is 0 Å². The van der Waals surface area contributed by atoms with E-state index in [4.69, 9.17) is 0 Å². The van der Waals surface area contributed by atoms with Gasteiger partial charge in [0.15, 0.2) is 0 Å². The predicted octanol–water partition coefficient (Wildman–Crippen LogP) is 4.13. The van der Waals surface area contributed by atoms with Crippen LogP contribution in [0.3, 0.4) is 0 Å². The van der Waals surface area contributed by atoms with Crippen LogP contribution in [0.4, 0.5) is 4.39 Å². The molecule has 0 aliphatic carbocycles. The van der Waals surface area contributed by atoms with Gasteiger partial charge in [0, 0.05) is 16.7 Å². The van der Waals surface area contributed by atoms with Crippen LogP contribution in [0.1, 0.15) is 15.9 Å². The van der Waals surface area contributed by atoms with Gasteiger partial charge in [0.05, 0.1) is 18.1 Å². The Morgan fingerprint density at radius 2 is 1.81 bits per heavy atom. The number of nitrogens with zero attached hydrogens (tertiary/aromatic N) is 2. The topological polar surface area (TPSA) is 70.1 Å². The maximum atomic E-state index is 13.1. The Bertz CT molecular complexity index is 1130. The highest BCUT2D eigenvalue weighted by Crippen LogP contribution is 2.20. The van der Waals surface area contributed by atoms with Gasteiger partial charge in [0.1, 0.15) is 5.82 Å². The molecule has 0 saturated heterocycles. The number of hydrazone groups is 1. The Kier molecular flexibility index (Phi) is 4.45. The van der Waals surface area contributed by atoms with Gasteiger partial charge < -0.3 is 0 Å². The number of fused-ring (bicyclic) bond motifs is 1. The minimum Gasteiger partial charge on any atom is -0.277 e. The van der Waals surface area contributed by atoms with Gasteiger partial charge in [-0.1, -0.05) is 30.3 Å². The van der Waals surface area contributed by atoms with Gasteiger partial charge in [-0.3, -0.25) is 9.89 Å². The Balaban J connectivity index is 1.50. The van der Waals surface area contributed by atoms with Crippen molar-refractivity contribution in [2.45, 2.75) is 0 Å². The summed E-state index contributed by atoms with van der Waals surface area (Å²) in [6.45, 7) is 0. The first-order chi connectivity index (χ1) is 13.2. The molecular formula is C21H15FN4O. The fraction of sp³-hybridized carbons (Fsp3) is 0. The molecule has 1 amide bonds. The monoisotopic (exact) mass is 358 g/mol. The lowest BCUT2D eigenvalue weighted by atomic mass is 10.1. The molecule has 0 unspecified atom stereocenters. The lowest BCUT2D eigenvalue weighted by molar-refractivity contribution is 0.0955. The third kappa shape index (κ3) is 3.59. The molecule has 6 heteroatoms. The van der Waals surface area contributed by atoms with E-state index in [0.717, 1.165) is 16.3 Å². The Morgan fingerprint density at radius 1 is 1.04 bits per heavy atom. The predicted molar refractivity (Wildman–Crippen MR) is 103 cm³/mol. The normalized spacial score (nSPS) is 11.1. The van der Waals surface area contributed by atoms with Gasteiger partial charge in [0.25, 0.3) is 5.91 Å². The Morgan fingerprint density at radius 3 is 2.63 bits per heavy atom. The van der Waals surface area contributed by atoms with E-state index >= 15 is 0 Å². The minimum absolute atomic E-state index is 0.302. The van der Waals surface area contributed by atoms with Crippen molar-refractivity contribution in [3.63, 3.8) is 0 Å². The standard InChI is InChI=1S/C21H15FN4O/c22-19-9-7-15(8-10-19)20-18(12-23-25-20)13-24-26-21(27)17-6-5-14-3-1-2-4-16(14)11-17/h1-13H,(H,23,25)(H,26,27)/b24-13-. The number of nitrogens with one attached hydrogen (secondary N) is 2. The van der Waals surface area contributed by atoms with Crippen LogP contribution < -0.4 is 5.43 Å². The summed E-state index contributed by atoms with van der Waals surface area (Å²) in [5, 5.41) is 12.9. The highest BCUT2D eigenvalue weighted by Gasteiger charge is 2.07. The summed E-state index contributed by atoms with van der Waals surface area (Å²) in [6, 6.07) is 19.3. The number of aromatic nitrogens is 2. The highest BCUT2D eigenvalue weighted by atomic mass is 19.1. The molecule has 4 rings (SSSR count). The van der Waals surface area contributed by atoms with E-state index in [1.807, 2.05) is 36.4 Å². The molecule has 2 N–H and O–H groups in total. The maximum Gasteiger partial charge on any atom is 0.271 e. The van der Waals surface area contributed by atoms with Crippen LogP contribution in [0.5, 0.6) is 0 Å². The summed E-state index contributed by atoms with van der Waals surface area (Å²) >= 11 is 0. The molecule has 27 heavy (non-hydrogen) atoms. The first-order valence-electron chi connectivity index (χ1n) is 8.32. The fourth-order valence-corrected chi connectivity index (χ4v) is 2.80. The van der Waals surface area contributed by atoms with E-state index in [0.29, 0.717) is 16.8 Å². The number of amides is 1. The number of rotatable bonds is 4. The molecule has 0 spiro atoms. The molecule has 1 aromatic heterocycles. The smallest absolute Gasteiger partial charge is 0.271 e. The molecule has 0 bridgehead atoms. The van der Waals surface area contributed by atoms with Crippen LogP contribution in [0.25, 0.3) is 22.0 Å². The molecule has 132 valence electrons. The van der Waals surface area contributed by atoms with Crippen molar-refractivity contribution in [1.82, 2.24) is 15.6 Å². The van der Waals surface area contributed by atoms with Crippen molar-refractivity contribution in [2.75, 3.05) is 0 Å². The van der Waals surface area contributed by atoms with E-state index in [-0.39, 0.29) is 11.7 Å². The summed E-state index contributed by atoms with van der Waals surface area (Å²) < 4.78 is 13.1. The van der Waals surface area contributed by atoms with Crippen molar-refractivity contribution in [3.8, 4) is 11.3 Å². The minimum atomic E-state index is -0.309. The van der Waals surface area contributed by atoms with E-state index < -0.39 is 0 Å². The number of halogens is 1. The van der Waals surface area contributed by atoms with Crippen molar-refractivity contribution in [3.05, 3.63) is 89.9 Å². The molecule has 0 saturated carbocycles. The van der Waals surface area contributed by atoms with Crippen molar-refractivity contribution < 1.29 is 9.18 Å². The third-order valence-electron chi connectivity index (χ3n) is 4.18. The molecule has 5 nitrogen and oxygen atoms in total. The van der Waals surface area contributed by atoms with Gasteiger partial charge in [-0.2, -0.15) is 10.2 Å². The van der Waals surface area contributed by atoms with Crippen LogP contribution in [0.15, 0.2) is 78.0 Å². The van der Waals surface area contributed by atoms with E-state index in [2.05, 4.69) is 20.7 Å². The number of carbonyl (C=O) groups is 1. The summed E-state index contributed by atoms with van der Waals surface area (Å²) in [4.78, 5) is 12.3. The van der Waals surface area contributed by atoms with Gasteiger partial charge in [-0.15, -0.1) is 0 Å². The first kappa shape index (κ1) is 16.7. The summed E-state index contributed by atoms with van der Waals surface area (Å²) in [6.07, 6.45) is 3.09. The Labute approximate surface area is 154 Å². The number of aromatic amines is 1. The summed E-state index contributed by atoms with van der Waals surface area (Å²) in [5.74, 6) is -0.611. The second kappa shape index (κ2) is 7.21. The number of H-pyrrole nitrogens is 1. The van der Waals surface area contributed by atoms with Gasteiger partial charge in [-0.25, -0.2) is 9.82 Å². The van der Waals surface area contributed by atoms with Crippen LogP contribution >= 0.6 is 0 Å². The van der Waals surface area contributed by atoms with Gasteiger partial charge in [0.2, 0.25) is 0 Å². The molecule has 0 atom stereocenters. The van der Waals surface area contributed by atoms with E-state index in [1.165, 1.54) is 18.3 Å². The lowest BCUT2D eigenvalue weighted by Gasteiger charge is -2.03. The average Bonchev–Trinajstić information content (AvgIpc) is 3.16. The second-order valence-electron chi connectivity index (χ2n) is 5.97.